The van der Waals surface area contributed by atoms with Crippen LogP contribution in [0.2, 0.25) is 0 Å². The van der Waals surface area contributed by atoms with Crippen LogP contribution < -0.4 is 16.6 Å². The minimum atomic E-state index is -1.82. The second-order valence-electron chi connectivity index (χ2n) is 7.23. The van der Waals surface area contributed by atoms with Crippen LogP contribution in [-0.2, 0) is 23.2 Å². The summed E-state index contributed by atoms with van der Waals surface area (Å²) in [6, 6.07) is 12.3. The van der Waals surface area contributed by atoms with Gasteiger partial charge in [0.05, 0.1) is 0 Å². The molecule has 2 aromatic rings. The van der Waals surface area contributed by atoms with Crippen molar-refractivity contribution in [1.29, 1.82) is 0 Å². The van der Waals surface area contributed by atoms with Crippen molar-refractivity contribution in [3.63, 3.8) is 0 Å². The lowest BCUT2D eigenvalue weighted by atomic mass is 10.1. The molecule has 0 saturated carbocycles. The van der Waals surface area contributed by atoms with E-state index in [1.54, 1.807) is 4.57 Å². The molecule has 9 heteroatoms. The minimum absolute atomic E-state index is 0.219. The first-order valence-electron chi connectivity index (χ1n) is 10.2. The molecule has 0 spiro atoms. The van der Waals surface area contributed by atoms with Crippen LogP contribution in [0.1, 0.15) is 49.9 Å². The average molecular weight is 434 g/mol. The number of aryl methyl sites for hydroxylation is 1. The molecule has 1 heterocycles. The summed E-state index contributed by atoms with van der Waals surface area (Å²) in [6.07, 6.45) is 4.29. The molecule has 1 unspecified atom stereocenters. The first-order chi connectivity index (χ1) is 14.6. The van der Waals surface area contributed by atoms with Crippen LogP contribution in [0.25, 0.3) is 0 Å². The van der Waals surface area contributed by atoms with Crippen LogP contribution in [-0.4, -0.2) is 37.8 Å². The van der Waals surface area contributed by atoms with Gasteiger partial charge in [0.1, 0.15) is 0 Å². The lowest BCUT2D eigenvalue weighted by Gasteiger charge is -2.14. The standard InChI is InChI=1S/C20H29N3O2.C2H2O4/c1-16-15-19(24)22(3)20(25)23(16)14-10-5-4-9-13-21-17(2)18-11-7-6-8-12-18;3-1(4)2(5)6/h6-8,11-12,15,17,21H,4-5,9-10,13-14H2,1-3H3;(H,3,4)(H,5,6). The minimum Gasteiger partial charge on any atom is -0.473 e. The summed E-state index contributed by atoms with van der Waals surface area (Å²) in [7, 11) is 1.53. The van der Waals surface area contributed by atoms with Crippen LogP contribution >= 0.6 is 0 Å². The fourth-order valence-electron chi connectivity index (χ4n) is 2.98. The van der Waals surface area contributed by atoms with E-state index in [0.717, 1.165) is 37.9 Å². The van der Waals surface area contributed by atoms with Crippen molar-refractivity contribution in [2.24, 2.45) is 7.05 Å². The second kappa shape index (κ2) is 13.2. The quantitative estimate of drug-likeness (QED) is 0.407. The van der Waals surface area contributed by atoms with Gasteiger partial charge in [-0.3, -0.25) is 13.9 Å². The normalized spacial score (nSPS) is 11.3. The van der Waals surface area contributed by atoms with E-state index in [1.807, 2.05) is 13.0 Å². The molecule has 1 aromatic heterocycles. The van der Waals surface area contributed by atoms with E-state index in [1.165, 1.54) is 23.2 Å². The monoisotopic (exact) mass is 433 g/mol. The highest BCUT2D eigenvalue weighted by molar-refractivity contribution is 6.27. The molecule has 0 amide bonds. The molecule has 0 aliphatic carbocycles. The molecule has 31 heavy (non-hydrogen) atoms. The third-order valence-corrected chi connectivity index (χ3v) is 4.85. The predicted octanol–water partition coefficient (Wildman–Crippen LogP) is 1.92. The van der Waals surface area contributed by atoms with Crippen LogP contribution in [0.5, 0.6) is 0 Å². The molecule has 0 aliphatic rings. The highest BCUT2D eigenvalue weighted by Crippen LogP contribution is 2.11. The molecule has 9 nitrogen and oxygen atoms in total. The van der Waals surface area contributed by atoms with E-state index >= 15 is 0 Å². The summed E-state index contributed by atoms with van der Waals surface area (Å²) in [4.78, 5) is 41.9. The number of rotatable bonds is 9. The molecule has 3 N–H and O–H groups in total. The number of benzene rings is 1. The Hall–Kier alpha value is -3.20. The molecule has 170 valence electrons. The number of carboxylic acids is 2. The highest BCUT2D eigenvalue weighted by Gasteiger charge is 2.06. The third-order valence-electron chi connectivity index (χ3n) is 4.85. The van der Waals surface area contributed by atoms with Gasteiger partial charge in [-0.2, -0.15) is 0 Å². The molecule has 0 fully saturated rings. The van der Waals surface area contributed by atoms with Crippen molar-refractivity contribution in [1.82, 2.24) is 14.5 Å². The summed E-state index contributed by atoms with van der Waals surface area (Å²) in [5, 5.41) is 18.3. The van der Waals surface area contributed by atoms with E-state index in [-0.39, 0.29) is 11.2 Å². The smallest absolute Gasteiger partial charge is 0.414 e. The largest absolute Gasteiger partial charge is 0.473 e. The predicted molar refractivity (Wildman–Crippen MR) is 117 cm³/mol. The number of hydrogen-bond donors (Lipinski definition) is 3. The summed E-state index contributed by atoms with van der Waals surface area (Å²) in [6.45, 7) is 5.67. The number of hydrogen-bond acceptors (Lipinski definition) is 5. The fourth-order valence-corrected chi connectivity index (χ4v) is 2.98. The summed E-state index contributed by atoms with van der Waals surface area (Å²) in [5.41, 5.74) is 1.60. The zero-order valence-electron chi connectivity index (χ0n) is 18.2. The van der Waals surface area contributed by atoms with E-state index in [9.17, 15) is 9.59 Å². The lowest BCUT2D eigenvalue weighted by molar-refractivity contribution is -0.159. The Bertz CT molecular complexity index is 953. The summed E-state index contributed by atoms with van der Waals surface area (Å²) < 4.78 is 2.86. The van der Waals surface area contributed by atoms with Gasteiger partial charge in [0, 0.05) is 31.4 Å². The maximum absolute atomic E-state index is 12.1. The molecule has 1 aromatic carbocycles. The summed E-state index contributed by atoms with van der Waals surface area (Å²) >= 11 is 0. The van der Waals surface area contributed by atoms with Gasteiger partial charge in [-0.25, -0.2) is 14.4 Å². The van der Waals surface area contributed by atoms with Crippen molar-refractivity contribution in [3.8, 4) is 0 Å². The lowest BCUT2D eigenvalue weighted by Crippen LogP contribution is -2.38. The maximum Gasteiger partial charge on any atom is 0.414 e. The number of nitrogens with zero attached hydrogens (tertiary/aromatic N) is 2. The number of aliphatic carboxylic acids is 2. The Kier molecular flexibility index (Phi) is 11.0. The topological polar surface area (TPSA) is 131 Å². The Balaban J connectivity index is 0.000000703. The van der Waals surface area contributed by atoms with Gasteiger partial charge in [-0.1, -0.05) is 43.2 Å². The Labute approximate surface area is 181 Å². The zero-order chi connectivity index (χ0) is 23.4. The Morgan fingerprint density at radius 2 is 1.58 bits per heavy atom. The van der Waals surface area contributed by atoms with Crippen molar-refractivity contribution < 1.29 is 19.8 Å². The highest BCUT2D eigenvalue weighted by atomic mass is 16.4. The molecule has 0 aliphatic heterocycles. The molecular formula is C22H31N3O6. The molecule has 0 bridgehead atoms. The molecule has 1 atom stereocenters. The number of aromatic nitrogens is 2. The first-order valence-corrected chi connectivity index (χ1v) is 10.2. The van der Waals surface area contributed by atoms with Crippen molar-refractivity contribution in [3.05, 3.63) is 68.5 Å². The number of unbranched alkanes of at least 4 members (excludes halogenated alkanes) is 3. The molecular weight excluding hydrogens is 402 g/mol. The second-order valence-corrected chi connectivity index (χ2v) is 7.23. The Morgan fingerprint density at radius 1 is 1.00 bits per heavy atom. The van der Waals surface area contributed by atoms with Gasteiger partial charge >= 0.3 is 17.6 Å². The van der Waals surface area contributed by atoms with Crippen LogP contribution in [0.15, 0.2) is 46.0 Å². The fraction of sp³-hybridized carbons (Fsp3) is 0.455. The van der Waals surface area contributed by atoms with Crippen molar-refractivity contribution in [2.75, 3.05) is 6.54 Å². The van der Waals surface area contributed by atoms with E-state index in [0.29, 0.717) is 12.6 Å². The SMILES string of the molecule is Cc1cc(=O)n(C)c(=O)n1CCCCCCNC(C)c1ccccc1.O=C(O)C(=O)O. The van der Waals surface area contributed by atoms with E-state index in [4.69, 9.17) is 19.8 Å². The number of carboxylic acid groups (broad SMARTS) is 2. The summed E-state index contributed by atoms with van der Waals surface area (Å²) in [5.74, 6) is -3.65. The van der Waals surface area contributed by atoms with Crippen LogP contribution in [0.3, 0.4) is 0 Å². The van der Waals surface area contributed by atoms with Gasteiger partial charge in [-0.05, 0) is 38.8 Å². The number of nitrogens with one attached hydrogen (secondary N) is 1. The van der Waals surface area contributed by atoms with Gasteiger partial charge in [0.25, 0.3) is 5.56 Å². The third kappa shape index (κ3) is 9.00. The van der Waals surface area contributed by atoms with Crippen LogP contribution in [0, 0.1) is 6.92 Å². The van der Waals surface area contributed by atoms with Gasteiger partial charge < -0.3 is 15.5 Å². The molecule has 0 saturated heterocycles. The van der Waals surface area contributed by atoms with Crippen LogP contribution in [0.4, 0.5) is 0 Å². The van der Waals surface area contributed by atoms with Gasteiger partial charge in [-0.15, -0.1) is 0 Å². The number of carbonyl (C=O) groups is 2. The molecule has 0 radical (unpaired) electrons. The van der Waals surface area contributed by atoms with E-state index < -0.39 is 11.9 Å². The van der Waals surface area contributed by atoms with Gasteiger partial charge in [0.2, 0.25) is 0 Å². The maximum atomic E-state index is 12.1. The Morgan fingerprint density at radius 3 is 2.16 bits per heavy atom. The van der Waals surface area contributed by atoms with Crippen molar-refractivity contribution in [2.45, 2.75) is 52.1 Å². The first kappa shape index (κ1) is 25.8. The average Bonchev–Trinajstić information content (AvgIpc) is 2.74. The van der Waals surface area contributed by atoms with Gasteiger partial charge in [0.15, 0.2) is 0 Å². The zero-order valence-corrected chi connectivity index (χ0v) is 18.2. The van der Waals surface area contributed by atoms with Crippen molar-refractivity contribution >= 4 is 11.9 Å². The van der Waals surface area contributed by atoms with E-state index in [2.05, 4.69) is 36.5 Å². The molecule has 2 rings (SSSR count).